The molecule has 26 heavy (non-hydrogen) atoms. The van der Waals surface area contributed by atoms with Gasteiger partial charge in [-0.1, -0.05) is 41.1 Å². The first-order valence-electron chi connectivity index (χ1n) is 8.43. The van der Waals surface area contributed by atoms with Gasteiger partial charge in [0.05, 0.1) is 23.4 Å². The lowest BCUT2D eigenvalue weighted by atomic mass is 9.58. The Kier molecular flexibility index (Phi) is 4.88. The summed E-state index contributed by atoms with van der Waals surface area (Å²) in [6, 6.07) is 14.1. The molecule has 2 N–H and O–H groups in total. The van der Waals surface area contributed by atoms with Gasteiger partial charge in [-0.15, -0.1) is 0 Å². The molecule has 0 radical (unpaired) electrons. The zero-order chi connectivity index (χ0) is 18.9. The van der Waals surface area contributed by atoms with Crippen molar-refractivity contribution in [1.82, 2.24) is 4.90 Å². The molecule has 0 aromatic heterocycles. The molecule has 130 valence electrons. The molecule has 6 heteroatoms. The molecule has 0 saturated carbocycles. The first kappa shape index (κ1) is 18.2. The van der Waals surface area contributed by atoms with Gasteiger partial charge < -0.3 is 5.73 Å². The van der Waals surface area contributed by atoms with Crippen molar-refractivity contribution < 1.29 is 0 Å². The second-order valence-electron chi connectivity index (χ2n) is 6.58. The van der Waals surface area contributed by atoms with E-state index in [4.69, 9.17) is 5.73 Å². The van der Waals surface area contributed by atoms with Crippen LogP contribution in [0.4, 0.5) is 0 Å². The van der Waals surface area contributed by atoms with Crippen LogP contribution >= 0.6 is 15.9 Å². The highest BCUT2D eigenvalue weighted by Gasteiger charge is 2.54. The summed E-state index contributed by atoms with van der Waals surface area (Å²) in [4.78, 5) is 2.25. The minimum Gasteiger partial charge on any atom is -0.399 e. The number of fused-ring (bicyclic) bond motifs is 1. The number of nitriles is 3. The van der Waals surface area contributed by atoms with E-state index in [0.717, 1.165) is 28.7 Å². The van der Waals surface area contributed by atoms with Crippen molar-refractivity contribution in [3.8, 4) is 18.2 Å². The summed E-state index contributed by atoms with van der Waals surface area (Å²) in [5, 5.41) is 29.7. The highest BCUT2D eigenvalue weighted by atomic mass is 79.9. The second kappa shape index (κ2) is 6.96. The van der Waals surface area contributed by atoms with Gasteiger partial charge in [-0.3, -0.25) is 4.90 Å². The molecule has 0 spiro atoms. The number of likely N-dealkylation sites (N-methyl/N-ethyl adjacent to an activating group) is 1. The van der Waals surface area contributed by atoms with Crippen molar-refractivity contribution in [2.75, 3.05) is 19.6 Å². The van der Waals surface area contributed by atoms with Crippen LogP contribution in [-0.4, -0.2) is 24.5 Å². The fraction of sp³-hybridized carbons (Fsp3) is 0.350. The molecule has 0 unspecified atom stereocenters. The van der Waals surface area contributed by atoms with E-state index in [2.05, 4.69) is 46.0 Å². The normalized spacial score (nSPS) is 24.7. The van der Waals surface area contributed by atoms with Crippen LogP contribution in [0.2, 0.25) is 0 Å². The molecule has 1 heterocycles. The van der Waals surface area contributed by atoms with E-state index in [1.165, 1.54) is 0 Å². The van der Waals surface area contributed by atoms with Gasteiger partial charge >= 0.3 is 0 Å². The predicted molar refractivity (Wildman–Crippen MR) is 101 cm³/mol. The summed E-state index contributed by atoms with van der Waals surface area (Å²) in [6.07, 6.45) is 2.02. The zero-order valence-corrected chi connectivity index (χ0v) is 16.0. The van der Waals surface area contributed by atoms with Crippen LogP contribution in [0, 0.1) is 45.3 Å². The van der Waals surface area contributed by atoms with E-state index in [0.29, 0.717) is 12.1 Å². The molecule has 0 saturated heterocycles. The third kappa shape index (κ3) is 2.61. The number of hydrogen-bond donors (Lipinski definition) is 1. The van der Waals surface area contributed by atoms with E-state index >= 15 is 0 Å². The van der Waals surface area contributed by atoms with Crippen molar-refractivity contribution in [2.24, 2.45) is 17.1 Å². The van der Waals surface area contributed by atoms with Crippen molar-refractivity contribution in [2.45, 2.75) is 12.8 Å². The van der Waals surface area contributed by atoms with Crippen LogP contribution < -0.4 is 5.73 Å². The van der Waals surface area contributed by atoms with E-state index in [1.807, 2.05) is 30.3 Å². The van der Waals surface area contributed by atoms with E-state index in [1.54, 1.807) is 0 Å². The van der Waals surface area contributed by atoms with Gasteiger partial charge in [-0.25, -0.2) is 0 Å². The predicted octanol–water partition coefficient (Wildman–Crippen LogP) is 3.19. The van der Waals surface area contributed by atoms with Crippen molar-refractivity contribution in [3.05, 3.63) is 57.2 Å². The van der Waals surface area contributed by atoms with Crippen LogP contribution in [0.15, 0.2) is 51.7 Å². The van der Waals surface area contributed by atoms with E-state index in [9.17, 15) is 15.8 Å². The highest BCUT2D eigenvalue weighted by Crippen LogP contribution is 2.54. The highest BCUT2D eigenvalue weighted by molar-refractivity contribution is 9.10. The monoisotopic (exact) mass is 407 g/mol. The van der Waals surface area contributed by atoms with Crippen LogP contribution in [0.25, 0.3) is 0 Å². The number of rotatable bonds is 2. The lowest BCUT2D eigenvalue weighted by molar-refractivity contribution is 0.214. The first-order chi connectivity index (χ1) is 12.5. The van der Waals surface area contributed by atoms with Gasteiger partial charge in [-0.05, 0) is 29.8 Å². The van der Waals surface area contributed by atoms with Gasteiger partial charge in [0.1, 0.15) is 6.07 Å². The minimum atomic E-state index is -1.56. The maximum atomic E-state index is 10.00. The topological polar surface area (TPSA) is 101 Å². The zero-order valence-electron chi connectivity index (χ0n) is 14.4. The van der Waals surface area contributed by atoms with Crippen molar-refractivity contribution in [1.29, 1.82) is 15.8 Å². The number of halogens is 1. The SMILES string of the molecule is CCN1CC=C2C(C#N)=C(N)C(C#N)(C#N)[C@@H](c3cccc(Br)c3)[C@@H]2C1. The van der Waals surface area contributed by atoms with Crippen molar-refractivity contribution in [3.63, 3.8) is 0 Å². The maximum Gasteiger partial charge on any atom is 0.191 e. The molecule has 1 aliphatic carbocycles. The molecular weight excluding hydrogens is 390 g/mol. The Bertz CT molecular complexity index is 911. The molecule has 0 amide bonds. The molecule has 2 atom stereocenters. The number of nitrogens with zero attached hydrogens (tertiary/aromatic N) is 4. The second-order valence-corrected chi connectivity index (χ2v) is 7.50. The molecule has 2 aliphatic rings. The average Bonchev–Trinajstić information content (AvgIpc) is 2.66. The van der Waals surface area contributed by atoms with Crippen molar-refractivity contribution >= 4 is 15.9 Å². The summed E-state index contributed by atoms with van der Waals surface area (Å²) in [5.41, 5.74) is 6.81. The Morgan fingerprint density at radius 3 is 2.62 bits per heavy atom. The molecular formula is C20H18BrN5. The number of benzene rings is 1. The molecule has 0 bridgehead atoms. The van der Waals surface area contributed by atoms with Crippen LogP contribution in [0.5, 0.6) is 0 Å². The lowest BCUT2D eigenvalue weighted by Crippen LogP contribution is -2.48. The van der Waals surface area contributed by atoms with E-state index in [-0.39, 0.29) is 11.6 Å². The van der Waals surface area contributed by atoms with Gasteiger partial charge in [-0.2, -0.15) is 15.8 Å². The first-order valence-corrected chi connectivity index (χ1v) is 9.22. The van der Waals surface area contributed by atoms with Crippen LogP contribution in [-0.2, 0) is 0 Å². The molecule has 0 fully saturated rings. The number of allylic oxidation sites excluding steroid dienone is 2. The summed E-state index contributed by atoms with van der Waals surface area (Å²) in [5.74, 6) is -0.577. The fourth-order valence-electron chi connectivity index (χ4n) is 4.07. The summed E-state index contributed by atoms with van der Waals surface area (Å²) in [6.45, 7) is 4.35. The Labute approximate surface area is 161 Å². The smallest absolute Gasteiger partial charge is 0.191 e. The molecule has 5 nitrogen and oxygen atoms in total. The summed E-state index contributed by atoms with van der Waals surface area (Å²) < 4.78 is 0.877. The minimum absolute atomic E-state index is 0.0717. The van der Waals surface area contributed by atoms with Gasteiger partial charge in [0.25, 0.3) is 0 Å². The van der Waals surface area contributed by atoms with Crippen LogP contribution in [0.1, 0.15) is 18.4 Å². The molecule has 1 aliphatic heterocycles. The third-order valence-electron chi connectivity index (χ3n) is 5.40. The average molecular weight is 408 g/mol. The Morgan fingerprint density at radius 1 is 1.31 bits per heavy atom. The van der Waals surface area contributed by atoms with Gasteiger partial charge in [0.15, 0.2) is 5.41 Å². The Hall–Kier alpha value is -2.59. The molecule has 1 aromatic rings. The Morgan fingerprint density at radius 2 is 2.04 bits per heavy atom. The lowest BCUT2D eigenvalue weighted by Gasteiger charge is -2.45. The summed E-state index contributed by atoms with van der Waals surface area (Å²) >= 11 is 3.48. The number of nitrogens with two attached hydrogens (primary N) is 1. The van der Waals surface area contributed by atoms with Gasteiger partial charge in [0, 0.05) is 29.4 Å². The maximum absolute atomic E-state index is 10.00. The number of hydrogen-bond acceptors (Lipinski definition) is 5. The van der Waals surface area contributed by atoms with E-state index < -0.39 is 11.3 Å². The summed E-state index contributed by atoms with van der Waals surface area (Å²) in [7, 11) is 0. The molecule has 1 aromatic carbocycles. The standard InChI is InChI=1S/C20H18BrN5/c1-2-26-7-6-15-16(9-22)19(25)20(11-23,12-24)18(17(15)10-26)13-4-3-5-14(21)8-13/h3-6,8,17-18H,2,7,10,25H2,1H3/t17-,18+/m1/s1. The largest absolute Gasteiger partial charge is 0.399 e. The molecule has 3 rings (SSSR count). The third-order valence-corrected chi connectivity index (χ3v) is 5.89. The van der Waals surface area contributed by atoms with Crippen LogP contribution in [0.3, 0.4) is 0 Å². The van der Waals surface area contributed by atoms with Gasteiger partial charge in [0.2, 0.25) is 0 Å². The quantitative estimate of drug-likeness (QED) is 0.810. The fourth-order valence-corrected chi connectivity index (χ4v) is 4.49. The Balaban J connectivity index is 2.32.